The molecule has 1 rings (SSSR count). The van der Waals surface area contributed by atoms with Crippen LogP contribution in [0.1, 0.15) is 65.4 Å². The van der Waals surface area contributed by atoms with Crippen molar-refractivity contribution in [1.82, 2.24) is 5.32 Å². The fraction of sp³-hybridized carbons (Fsp3) is 0.619. The van der Waals surface area contributed by atoms with Gasteiger partial charge in [-0.1, -0.05) is 32.9 Å². The molecule has 0 radical (unpaired) electrons. The third-order valence-electron chi connectivity index (χ3n) is 4.94. The van der Waals surface area contributed by atoms with Gasteiger partial charge in [0.1, 0.15) is 11.8 Å². The molecule has 1 aromatic rings. The number of nitrogens with one attached hydrogen (secondary N) is 1. The van der Waals surface area contributed by atoms with E-state index in [1.807, 2.05) is 12.1 Å². The summed E-state index contributed by atoms with van der Waals surface area (Å²) < 4.78 is 5.75. The Bertz CT molecular complexity index is 597. The molecule has 2 atom stereocenters. The van der Waals surface area contributed by atoms with Gasteiger partial charge in [0.25, 0.3) is 0 Å². The Balaban J connectivity index is 2.24. The van der Waals surface area contributed by atoms with Crippen LogP contribution in [0.5, 0.6) is 5.75 Å². The van der Waals surface area contributed by atoms with Gasteiger partial charge in [-0.05, 0) is 55.7 Å². The van der Waals surface area contributed by atoms with Crippen LogP contribution in [-0.2, 0) is 15.0 Å². The number of rotatable bonds is 12. The summed E-state index contributed by atoms with van der Waals surface area (Å²) in [7, 11) is 0. The number of nitrogens with two attached hydrogens (primary N) is 1. The molecule has 152 valence electrons. The van der Waals surface area contributed by atoms with Gasteiger partial charge in [0.15, 0.2) is 0 Å². The fourth-order valence-electron chi connectivity index (χ4n) is 2.64. The maximum atomic E-state index is 11.8. The van der Waals surface area contributed by atoms with Crippen LogP contribution in [-0.4, -0.2) is 35.7 Å². The SMILES string of the molecule is CCC(C)(C)c1ccc(OCCCCCC(=O)NC(C(N)=O)C(C)O)cc1. The molecule has 6 nitrogen and oxygen atoms in total. The zero-order valence-electron chi connectivity index (χ0n) is 17.0. The molecule has 0 saturated carbocycles. The molecular weight excluding hydrogens is 344 g/mol. The zero-order chi connectivity index (χ0) is 20.4. The molecule has 0 fully saturated rings. The molecule has 4 N–H and O–H groups in total. The third kappa shape index (κ3) is 7.99. The maximum Gasteiger partial charge on any atom is 0.242 e. The number of aliphatic hydroxyl groups excluding tert-OH is 1. The average Bonchev–Trinajstić information content (AvgIpc) is 2.62. The van der Waals surface area contributed by atoms with Gasteiger partial charge in [-0.3, -0.25) is 9.59 Å². The molecule has 6 heteroatoms. The van der Waals surface area contributed by atoms with E-state index in [1.54, 1.807) is 0 Å². The number of amides is 2. The topological polar surface area (TPSA) is 102 Å². The smallest absolute Gasteiger partial charge is 0.242 e. The van der Waals surface area contributed by atoms with Crippen molar-refractivity contribution in [3.05, 3.63) is 29.8 Å². The summed E-state index contributed by atoms with van der Waals surface area (Å²) in [5.41, 5.74) is 6.61. The van der Waals surface area contributed by atoms with Gasteiger partial charge in [-0.15, -0.1) is 0 Å². The lowest BCUT2D eigenvalue weighted by atomic mass is 9.82. The van der Waals surface area contributed by atoms with Crippen LogP contribution in [0.3, 0.4) is 0 Å². The van der Waals surface area contributed by atoms with Crippen molar-refractivity contribution >= 4 is 11.8 Å². The largest absolute Gasteiger partial charge is 0.494 e. The second-order valence-electron chi connectivity index (χ2n) is 7.61. The first-order chi connectivity index (χ1) is 12.7. The monoisotopic (exact) mass is 378 g/mol. The first-order valence-electron chi connectivity index (χ1n) is 9.67. The Hall–Kier alpha value is -2.08. The number of hydrogen-bond donors (Lipinski definition) is 3. The standard InChI is InChI=1S/C21H34N2O4/c1-5-21(3,4)16-10-12-17(13-11-16)27-14-8-6-7-9-18(25)23-19(15(2)24)20(22)26/h10-13,15,19,24H,5-9,14H2,1-4H3,(H2,22,26)(H,23,25). The van der Waals surface area contributed by atoms with Gasteiger partial charge >= 0.3 is 0 Å². The molecule has 0 aliphatic carbocycles. The molecule has 0 aliphatic heterocycles. The highest BCUT2D eigenvalue weighted by atomic mass is 16.5. The molecule has 0 bridgehead atoms. The molecule has 2 amide bonds. The van der Waals surface area contributed by atoms with Crippen molar-refractivity contribution in [3.8, 4) is 5.75 Å². The number of carbonyl (C=O) groups is 2. The molecular formula is C21H34N2O4. The summed E-state index contributed by atoms with van der Waals surface area (Å²) in [5.74, 6) is -0.167. The number of aliphatic hydroxyl groups is 1. The predicted octanol–water partition coefficient (Wildman–Crippen LogP) is 2.66. The zero-order valence-corrected chi connectivity index (χ0v) is 17.0. The number of ether oxygens (including phenoxy) is 1. The van der Waals surface area contributed by atoms with E-state index in [0.717, 1.165) is 25.0 Å². The van der Waals surface area contributed by atoms with Crippen molar-refractivity contribution in [2.24, 2.45) is 5.73 Å². The lowest BCUT2D eigenvalue weighted by Crippen LogP contribution is -2.50. The van der Waals surface area contributed by atoms with E-state index in [0.29, 0.717) is 13.0 Å². The molecule has 0 saturated heterocycles. The normalized spacial score (nSPS) is 13.7. The number of benzene rings is 1. The summed E-state index contributed by atoms with van der Waals surface area (Å²) >= 11 is 0. The highest BCUT2D eigenvalue weighted by molar-refractivity contribution is 5.86. The van der Waals surface area contributed by atoms with Crippen molar-refractivity contribution < 1.29 is 19.4 Å². The van der Waals surface area contributed by atoms with Crippen molar-refractivity contribution in [2.45, 2.75) is 77.4 Å². The van der Waals surface area contributed by atoms with E-state index < -0.39 is 18.1 Å². The fourth-order valence-corrected chi connectivity index (χ4v) is 2.64. The summed E-state index contributed by atoms with van der Waals surface area (Å²) in [6, 6.07) is 7.18. The summed E-state index contributed by atoms with van der Waals surface area (Å²) in [4.78, 5) is 22.9. The molecule has 1 aromatic carbocycles. The number of hydrogen-bond acceptors (Lipinski definition) is 4. The Morgan fingerprint density at radius 3 is 2.33 bits per heavy atom. The predicted molar refractivity (Wildman–Crippen MR) is 107 cm³/mol. The van der Waals surface area contributed by atoms with Gasteiger partial charge in [-0.25, -0.2) is 0 Å². The van der Waals surface area contributed by atoms with Gasteiger partial charge in [0, 0.05) is 6.42 Å². The van der Waals surface area contributed by atoms with Gasteiger partial charge < -0.3 is 20.9 Å². The number of carbonyl (C=O) groups excluding carboxylic acids is 2. The Kier molecular flexibility index (Phi) is 9.29. The lowest BCUT2D eigenvalue weighted by molar-refractivity contribution is -0.129. The molecule has 0 aromatic heterocycles. The van der Waals surface area contributed by atoms with E-state index in [4.69, 9.17) is 10.5 Å². The second-order valence-corrected chi connectivity index (χ2v) is 7.61. The maximum absolute atomic E-state index is 11.8. The van der Waals surface area contributed by atoms with Crippen LogP contribution in [0, 0.1) is 0 Å². The number of unbranched alkanes of at least 4 members (excludes halogenated alkanes) is 2. The molecule has 27 heavy (non-hydrogen) atoms. The summed E-state index contributed by atoms with van der Waals surface area (Å²) in [6.45, 7) is 8.65. The molecule has 0 heterocycles. The first kappa shape index (κ1) is 23.0. The van der Waals surface area contributed by atoms with Crippen LogP contribution in [0.4, 0.5) is 0 Å². The van der Waals surface area contributed by atoms with E-state index in [9.17, 15) is 14.7 Å². The van der Waals surface area contributed by atoms with Gasteiger partial charge in [0.05, 0.1) is 12.7 Å². The lowest BCUT2D eigenvalue weighted by Gasteiger charge is -2.23. The van der Waals surface area contributed by atoms with E-state index >= 15 is 0 Å². The quantitative estimate of drug-likeness (QED) is 0.487. The minimum Gasteiger partial charge on any atom is -0.494 e. The minimum absolute atomic E-state index is 0.167. The number of primary amides is 1. The first-order valence-corrected chi connectivity index (χ1v) is 9.67. The molecule has 2 unspecified atom stereocenters. The van der Waals surface area contributed by atoms with Crippen LogP contribution < -0.4 is 15.8 Å². The highest BCUT2D eigenvalue weighted by Gasteiger charge is 2.22. The van der Waals surface area contributed by atoms with E-state index in [2.05, 4.69) is 38.2 Å². The second kappa shape index (κ2) is 10.9. The average molecular weight is 379 g/mol. The van der Waals surface area contributed by atoms with Crippen molar-refractivity contribution in [2.75, 3.05) is 6.61 Å². The van der Waals surface area contributed by atoms with Crippen LogP contribution in [0.25, 0.3) is 0 Å². The summed E-state index contributed by atoms with van der Waals surface area (Å²) in [6.07, 6.45) is 2.73. The van der Waals surface area contributed by atoms with E-state index in [1.165, 1.54) is 12.5 Å². The third-order valence-corrected chi connectivity index (χ3v) is 4.94. The van der Waals surface area contributed by atoms with Gasteiger partial charge in [0.2, 0.25) is 11.8 Å². The van der Waals surface area contributed by atoms with Crippen LogP contribution >= 0.6 is 0 Å². The summed E-state index contributed by atoms with van der Waals surface area (Å²) in [5, 5.41) is 11.9. The van der Waals surface area contributed by atoms with Crippen LogP contribution in [0.15, 0.2) is 24.3 Å². The van der Waals surface area contributed by atoms with E-state index in [-0.39, 0.29) is 17.7 Å². The Morgan fingerprint density at radius 1 is 1.19 bits per heavy atom. The van der Waals surface area contributed by atoms with Gasteiger partial charge in [-0.2, -0.15) is 0 Å². The van der Waals surface area contributed by atoms with Crippen molar-refractivity contribution in [1.29, 1.82) is 0 Å². The minimum atomic E-state index is -1.04. The Labute approximate surface area is 162 Å². The Morgan fingerprint density at radius 2 is 1.81 bits per heavy atom. The highest BCUT2D eigenvalue weighted by Crippen LogP contribution is 2.28. The molecule has 0 spiro atoms. The van der Waals surface area contributed by atoms with Crippen LogP contribution in [0.2, 0.25) is 0 Å². The van der Waals surface area contributed by atoms with Crippen molar-refractivity contribution in [3.63, 3.8) is 0 Å². The molecule has 0 aliphatic rings.